The minimum absolute atomic E-state index is 0.322. The molecule has 0 aromatic rings. The lowest BCUT2D eigenvalue weighted by Crippen LogP contribution is -2.18. The molecule has 2 nitrogen and oxygen atoms in total. The van der Waals surface area contributed by atoms with E-state index >= 15 is 0 Å². The van der Waals surface area contributed by atoms with E-state index in [1.165, 1.54) is 12.8 Å². The average molecular weight is 224 g/mol. The van der Waals surface area contributed by atoms with Crippen LogP contribution in [0.15, 0.2) is 11.6 Å². The van der Waals surface area contributed by atoms with E-state index in [4.69, 9.17) is 5.11 Å². The summed E-state index contributed by atoms with van der Waals surface area (Å²) in [7, 11) is 0. The van der Waals surface area contributed by atoms with Gasteiger partial charge in [-0.1, -0.05) is 32.4 Å². The van der Waals surface area contributed by atoms with Gasteiger partial charge in [-0.2, -0.15) is 0 Å². The zero-order valence-electron chi connectivity index (χ0n) is 10.7. The number of allylic oxidation sites excluding steroid dienone is 2. The quantitative estimate of drug-likeness (QED) is 0.720. The third-order valence-electron chi connectivity index (χ3n) is 3.50. The third kappa shape index (κ3) is 4.38. The molecule has 0 aliphatic heterocycles. The Morgan fingerprint density at radius 1 is 1.56 bits per heavy atom. The van der Waals surface area contributed by atoms with Gasteiger partial charge in [0.2, 0.25) is 0 Å². The Labute approximate surface area is 98.7 Å². The van der Waals surface area contributed by atoms with Gasteiger partial charge >= 0.3 is 5.97 Å². The fourth-order valence-electron chi connectivity index (χ4n) is 2.62. The molecule has 0 aromatic heterocycles. The lowest BCUT2D eigenvalue weighted by Gasteiger charge is -2.29. The molecule has 0 radical (unpaired) electrons. The fourth-order valence-corrected chi connectivity index (χ4v) is 2.62. The number of rotatable bonds is 5. The molecule has 0 saturated heterocycles. The van der Waals surface area contributed by atoms with Crippen molar-refractivity contribution in [2.45, 2.75) is 52.9 Å². The normalized spacial score (nSPS) is 25.6. The predicted molar refractivity (Wildman–Crippen MR) is 66.3 cm³/mol. The molecule has 2 atom stereocenters. The number of hydrogen-bond donors (Lipinski definition) is 1. The summed E-state index contributed by atoms with van der Waals surface area (Å²) in [6.07, 6.45) is 6.96. The van der Waals surface area contributed by atoms with Crippen molar-refractivity contribution in [3.05, 3.63) is 11.6 Å². The summed E-state index contributed by atoms with van der Waals surface area (Å²) in [5, 5.41) is 8.69. The molecular weight excluding hydrogens is 200 g/mol. The van der Waals surface area contributed by atoms with Crippen LogP contribution >= 0.6 is 0 Å². The highest BCUT2D eigenvalue weighted by atomic mass is 16.4. The molecular formula is C14H24O2. The molecule has 0 saturated carbocycles. The Balaban J connectivity index is 2.43. The third-order valence-corrected chi connectivity index (χ3v) is 3.50. The second-order valence-electron chi connectivity index (χ2n) is 5.57. The maximum atomic E-state index is 10.5. The highest BCUT2D eigenvalue weighted by molar-refractivity contribution is 5.66. The van der Waals surface area contributed by atoms with E-state index in [1.807, 2.05) is 0 Å². The molecule has 0 fully saturated rings. The van der Waals surface area contributed by atoms with Crippen LogP contribution in [0.25, 0.3) is 0 Å². The lowest BCUT2D eigenvalue weighted by atomic mass is 9.77. The molecule has 16 heavy (non-hydrogen) atoms. The van der Waals surface area contributed by atoms with Crippen LogP contribution in [0.5, 0.6) is 0 Å². The maximum absolute atomic E-state index is 10.5. The zero-order chi connectivity index (χ0) is 12.1. The van der Waals surface area contributed by atoms with Crippen LogP contribution in [0.1, 0.15) is 52.9 Å². The van der Waals surface area contributed by atoms with Crippen molar-refractivity contribution >= 4 is 5.97 Å². The summed E-state index contributed by atoms with van der Waals surface area (Å²) in [6, 6.07) is 0. The predicted octanol–water partition coefficient (Wildman–Crippen LogP) is 3.87. The van der Waals surface area contributed by atoms with Crippen molar-refractivity contribution in [2.24, 2.45) is 17.8 Å². The lowest BCUT2D eigenvalue weighted by molar-refractivity contribution is -0.137. The Morgan fingerprint density at radius 2 is 2.25 bits per heavy atom. The number of hydrogen-bond acceptors (Lipinski definition) is 1. The van der Waals surface area contributed by atoms with Gasteiger partial charge in [0.1, 0.15) is 0 Å². The van der Waals surface area contributed by atoms with Crippen LogP contribution in [0.3, 0.4) is 0 Å². The standard InChI is InChI=1S/C14H24O2/c1-10(2)8-12-4-5-13(11(3)9-12)6-7-14(15)16/h4,10-11,13H,5-9H2,1-3H3,(H,15,16). The summed E-state index contributed by atoms with van der Waals surface area (Å²) in [4.78, 5) is 10.5. The van der Waals surface area contributed by atoms with E-state index < -0.39 is 5.97 Å². The summed E-state index contributed by atoms with van der Waals surface area (Å²) in [6.45, 7) is 6.77. The highest BCUT2D eigenvalue weighted by Crippen LogP contribution is 2.34. The largest absolute Gasteiger partial charge is 0.481 e. The van der Waals surface area contributed by atoms with E-state index in [-0.39, 0.29) is 0 Å². The van der Waals surface area contributed by atoms with Crippen molar-refractivity contribution < 1.29 is 9.90 Å². The molecule has 0 spiro atoms. The van der Waals surface area contributed by atoms with Gasteiger partial charge in [-0.3, -0.25) is 4.79 Å². The first kappa shape index (κ1) is 13.3. The van der Waals surface area contributed by atoms with Gasteiger partial charge in [-0.25, -0.2) is 0 Å². The van der Waals surface area contributed by atoms with Gasteiger partial charge in [0, 0.05) is 6.42 Å². The monoisotopic (exact) mass is 224 g/mol. The molecule has 92 valence electrons. The first-order chi connectivity index (χ1) is 7.49. The Morgan fingerprint density at radius 3 is 2.75 bits per heavy atom. The van der Waals surface area contributed by atoms with Gasteiger partial charge < -0.3 is 5.11 Å². The Hall–Kier alpha value is -0.790. The van der Waals surface area contributed by atoms with E-state index in [1.54, 1.807) is 5.57 Å². The summed E-state index contributed by atoms with van der Waals surface area (Å²) in [5.41, 5.74) is 1.58. The van der Waals surface area contributed by atoms with Crippen molar-refractivity contribution in [1.29, 1.82) is 0 Å². The number of carbonyl (C=O) groups is 1. The van der Waals surface area contributed by atoms with E-state index in [9.17, 15) is 4.79 Å². The number of carboxylic acid groups (broad SMARTS) is 1. The van der Waals surface area contributed by atoms with Crippen LogP contribution in [0.4, 0.5) is 0 Å². The van der Waals surface area contributed by atoms with Crippen molar-refractivity contribution in [2.75, 3.05) is 0 Å². The number of aliphatic carboxylic acids is 1. The molecule has 0 bridgehead atoms. The first-order valence-electron chi connectivity index (χ1n) is 6.38. The van der Waals surface area contributed by atoms with Gasteiger partial charge in [-0.05, 0) is 43.4 Å². The fraction of sp³-hybridized carbons (Fsp3) is 0.786. The first-order valence-corrected chi connectivity index (χ1v) is 6.38. The van der Waals surface area contributed by atoms with Crippen LogP contribution in [0, 0.1) is 17.8 Å². The van der Waals surface area contributed by atoms with E-state index in [0.717, 1.165) is 18.8 Å². The molecule has 1 aliphatic rings. The van der Waals surface area contributed by atoms with Gasteiger partial charge in [0.05, 0.1) is 0 Å². The second-order valence-corrected chi connectivity index (χ2v) is 5.57. The van der Waals surface area contributed by atoms with Crippen molar-refractivity contribution in [3.63, 3.8) is 0 Å². The van der Waals surface area contributed by atoms with Gasteiger partial charge in [0.25, 0.3) is 0 Å². The smallest absolute Gasteiger partial charge is 0.303 e. The summed E-state index contributed by atoms with van der Waals surface area (Å²) in [5.74, 6) is 1.29. The van der Waals surface area contributed by atoms with Crippen LogP contribution < -0.4 is 0 Å². The van der Waals surface area contributed by atoms with Crippen molar-refractivity contribution in [3.8, 4) is 0 Å². The zero-order valence-corrected chi connectivity index (χ0v) is 10.7. The maximum Gasteiger partial charge on any atom is 0.303 e. The molecule has 1 aliphatic carbocycles. The summed E-state index contributed by atoms with van der Waals surface area (Å²) >= 11 is 0. The van der Waals surface area contributed by atoms with Crippen LogP contribution in [-0.4, -0.2) is 11.1 Å². The van der Waals surface area contributed by atoms with Crippen LogP contribution in [-0.2, 0) is 4.79 Å². The molecule has 1 rings (SSSR count). The highest BCUT2D eigenvalue weighted by Gasteiger charge is 2.22. The van der Waals surface area contributed by atoms with Crippen LogP contribution in [0.2, 0.25) is 0 Å². The molecule has 2 unspecified atom stereocenters. The van der Waals surface area contributed by atoms with Gasteiger partial charge in [0.15, 0.2) is 0 Å². The van der Waals surface area contributed by atoms with E-state index in [2.05, 4.69) is 26.8 Å². The summed E-state index contributed by atoms with van der Waals surface area (Å²) < 4.78 is 0. The molecule has 2 heteroatoms. The Kier molecular flexibility index (Phi) is 5.04. The van der Waals surface area contributed by atoms with E-state index in [0.29, 0.717) is 18.3 Å². The topological polar surface area (TPSA) is 37.3 Å². The molecule has 0 heterocycles. The molecule has 0 amide bonds. The Bertz CT molecular complexity index is 266. The number of carboxylic acids is 1. The van der Waals surface area contributed by atoms with Gasteiger partial charge in [-0.15, -0.1) is 0 Å². The van der Waals surface area contributed by atoms with Crippen molar-refractivity contribution in [1.82, 2.24) is 0 Å². The SMILES string of the molecule is CC(C)CC1=CCC(CCC(=O)O)C(C)C1. The minimum Gasteiger partial charge on any atom is -0.481 e. The molecule has 0 aromatic carbocycles. The minimum atomic E-state index is -0.663. The average Bonchev–Trinajstić information content (AvgIpc) is 2.15. The second kappa shape index (κ2) is 6.07. The molecule has 1 N–H and O–H groups in total.